The molecular weight excluding hydrogens is 304 g/mol. The molecule has 0 unspecified atom stereocenters. The van der Waals surface area contributed by atoms with Crippen molar-refractivity contribution >= 4 is 18.3 Å². The minimum Gasteiger partial charge on any atom is -0.350 e. The summed E-state index contributed by atoms with van der Waals surface area (Å²) in [5.41, 5.74) is 7.33. The van der Waals surface area contributed by atoms with Gasteiger partial charge < -0.3 is 11.1 Å². The van der Waals surface area contributed by atoms with E-state index in [4.69, 9.17) is 5.73 Å². The third-order valence-electron chi connectivity index (χ3n) is 3.96. The van der Waals surface area contributed by atoms with E-state index in [9.17, 15) is 4.79 Å². The third-order valence-corrected chi connectivity index (χ3v) is 3.96. The number of benzene rings is 1. The van der Waals surface area contributed by atoms with Crippen molar-refractivity contribution in [3.05, 3.63) is 29.8 Å². The number of amides is 1. The number of rotatable bonds is 4. The van der Waals surface area contributed by atoms with Gasteiger partial charge in [-0.25, -0.2) is 0 Å². The Morgan fingerprint density at radius 2 is 1.95 bits per heavy atom. The van der Waals surface area contributed by atoms with Crippen LogP contribution in [-0.2, 0) is 11.3 Å². The fourth-order valence-electron chi connectivity index (χ4n) is 2.65. The Morgan fingerprint density at radius 3 is 2.55 bits per heavy atom. The molecule has 1 aromatic carbocycles. The highest BCUT2D eigenvalue weighted by molar-refractivity contribution is 5.86. The zero-order chi connectivity index (χ0) is 14.7. The summed E-state index contributed by atoms with van der Waals surface area (Å²) in [6.45, 7) is 0.476. The molecule has 1 saturated carbocycles. The Kier molecular flexibility index (Phi) is 5.10. The van der Waals surface area contributed by atoms with Gasteiger partial charge in [0.1, 0.15) is 0 Å². The van der Waals surface area contributed by atoms with Gasteiger partial charge in [-0.15, -0.1) is 22.6 Å². The lowest BCUT2D eigenvalue weighted by molar-refractivity contribution is -0.126. The number of tetrazole rings is 1. The molecule has 22 heavy (non-hydrogen) atoms. The Bertz CT molecular complexity index is 607. The van der Waals surface area contributed by atoms with Crippen molar-refractivity contribution in [2.45, 2.75) is 37.8 Å². The molecule has 4 N–H and O–H groups in total. The number of halogens is 1. The Morgan fingerprint density at radius 1 is 1.27 bits per heavy atom. The highest BCUT2D eigenvalue weighted by Crippen LogP contribution is 2.27. The summed E-state index contributed by atoms with van der Waals surface area (Å²) in [5.74, 6) is 0.500. The van der Waals surface area contributed by atoms with Crippen LogP contribution in [0.15, 0.2) is 24.3 Å². The second-order valence-electron chi connectivity index (χ2n) is 5.48. The molecule has 1 fully saturated rings. The molecule has 0 aliphatic heterocycles. The topological polar surface area (TPSA) is 110 Å². The molecule has 1 aliphatic rings. The Balaban J connectivity index is 0.00000176. The predicted molar refractivity (Wildman–Crippen MR) is 84.1 cm³/mol. The highest BCUT2D eigenvalue weighted by Gasteiger charge is 2.36. The van der Waals surface area contributed by atoms with Crippen LogP contribution < -0.4 is 11.1 Å². The normalized spacial score (nSPS) is 16.0. The number of hydrogen-bond acceptors (Lipinski definition) is 5. The molecule has 118 valence electrons. The van der Waals surface area contributed by atoms with Gasteiger partial charge >= 0.3 is 0 Å². The number of nitrogens with one attached hydrogen (secondary N) is 2. The zero-order valence-electron chi connectivity index (χ0n) is 12.1. The summed E-state index contributed by atoms with van der Waals surface area (Å²) in [7, 11) is 0. The van der Waals surface area contributed by atoms with Crippen molar-refractivity contribution in [1.82, 2.24) is 25.9 Å². The summed E-state index contributed by atoms with van der Waals surface area (Å²) in [4.78, 5) is 12.1. The Hall–Kier alpha value is -1.99. The summed E-state index contributed by atoms with van der Waals surface area (Å²) in [6, 6.07) is 7.67. The second-order valence-corrected chi connectivity index (χ2v) is 5.48. The number of H-pyrrole nitrogens is 1. The van der Waals surface area contributed by atoms with Gasteiger partial charge in [-0.1, -0.05) is 37.1 Å². The standard InChI is InChI=1S/C14H18N6O.ClH/c15-14(7-1-2-8-14)13(21)16-9-10-3-5-11(6-4-10)12-17-19-20-18-12;/h3-6H,1-2,7-9,15H2,(H,16,21)(H,17,18,19,20);1H. The van der Waals surface area contributed by atoms with Crippen LogP contribution in [0.3, 0.4) is 0 Å². The van der Waals surface area contributed by atoms with Crippen LogP contribution in [0.25, 0.3) is 11.4 Å². The number of hydrogen-bond donors (Lipinski definition) is 3. The van der Waals surface area contributed by atoms with E-state index in [0.29, 0.717) is 12.4 Å². The SMILES string of the molecule is Cl.NC1(C(=O)NCc2ccc(-c3nn[nH]n3)cc2)CCCC1. The van der Waals surface area contributed by atoms with Crippen molar-refractivity contribution in [1.29, 1.82) is 0 Å². The summed E-state index contributed by atoms with van der Waals surface area (Å²) >= 11 is 0. The van der Waals surface area contributed by atoms with Crippen molar-refractivity contribution < 1.29 is 4.79 Å². The van der Waals surface area contributed by atoms with Gasteiger partial charge in [-0.2, -0.15) is 5.21 Å². The van der Waals surface area contributed by atoms with E-state index in [1.54, 1.807) is 0 Å². The minimum atomic E-state index is -0.676. The first-order chi connectivity index (χ1) is 10.2. The molecule has 1 heterocycles. The van der Waals surface area contributed by atoms with Gasteiger partial charge in [-0.05, 0) is 23.6 Å². The third kappa shape index (κ3) is 3.42. The van der Waals surface area contributed by atoms with Crippen LogP contribution in [0.1, 0.15) is 31.2 Å². The van der Waals surface area contributed by atoms with E-state index < -0.39 is 5.54 Å². The summed E-state index contributed by atoms with van der Waals surface area (Å²) in [6.07, 6.45) is 3.61. The maximum absolute atomic E-state index is 12.1. The van der Waals surface area contributed by atoms with Crippen molar-refractivity contribution in [3.8, 4) is 11.4 Å². The van der Waals surface area contributed by atoms with Gasteiger partial charge in [0, 0.05) is 12.1 Å². The molecule has 1 amide bonds. The van der Waals surface area contributed by atoms with E-state index >= 15 is 0 Å². The quantitative estimate of drug-likeness (QED) is 0.783. The number of carbonyl (C=O) groups is 1. The summed E-state index contributed by atoms with van der Waals surface area (Å²) < 4.78 is 0. The number of nitrogens with zero attached hydrogens (tertiary/aromatic N) is 3. The van der Waals surface area contributed by atoms with Gasteiger partial charge in [0.05, 0.1) is 5.54 Å². The molecule has 0 bridgehead atoms. The molecule has 1 aliphatic carbocycles. The molecule has 3 rings (SSSR count). The smallest absolute Gasteiger partial charge is 0.240 e. The van der Waals surface area contributed by atoms with Gasteiger partial charge in [0.15, 0.2) is 0 Å². The largest absolute Gasteiger partial charge is 0.350 e. The lowest BCUT2D eigenvalue weighted by Gasteiger charge is -2.22. The predicted octanol–water partition coefficient (Wildman–Crippen LogP) is 1.18. The maximum atomic E-state index is 12.1. The van der Waals surface area contributed by atoms with Crippen LogP contribution in [-0.4, -0.2) is 32.1 Å². The lowest BCUT2D eigenvalue weighted by atomic mass is 9.98. The number of aromatic nitrogens is 4. The first kappa shape index (κ1) is 16.4. The monoisotopic (exact) mass is 322 g/mol. The summed E-state index contributed by atoms with van der Waals surface area (Å²) in [5, 5.41) is 16.7. The molecule has 0 saturated heterocycles. The van der Waals surface area contributed by atoms with E-state index in [0.717, 1.165) is 36.8 Å². The first-order valence-electron chi connectivity index (χ1n) is 7.07. The number of nitrogens with two attached hydrogens (primary N) is 1. The molecule has 0 radical (unpaired) electrons. The second kappa shape index (κ2) is 6.85. The highest BCUT2D eigenvalue weighted by atomic mass is 35.5. The molecule has 0 atom stereocenters. The molecule has 0 spiro atoms. The van der Waals surface area contributed by atoms with E-state index in [2.05, 4.69) is 25.9 Å². The first-order valence-corrected chi connectivity index (χ1v) is 7.07. The average molecular weight is 323 g/mol. The van der Waals surface area contributed by atoms with E-state index in [1.165, 1.54) is 0 Å². The number of aromatic amines is 1. The van der Waals surface area contributed by atoms with Crippen molar-refractivity contribution in [3.63, 3.8) is 0 Å². The van der Waals surface area contributed by atoms with Crippen molar-refractivity contribution in [2.75, 3.05) is 0 Å². The van der Waals surface area contributed by atoms with E-state index in [1.807, 2.05) is 24.3 Å². The Labute approximate surface area is 134 Å². The fourth-order valence-corrected chi connectivity index (χ4v) is 2.65. The van der Waals surface area contributed by atoms with Crippen molar-refractivity contribution in [2.24, 2.45) is 5.73 Å². The average Bonchev–Trinajstić information content (AvgIpc) is 3.17. The van der Waals surface area contributed by atoms with Crippen LogP contribution >= 0.6 is 12.4 Å². The molecular formula is C14H19ClN6O. The number of carbonyl (C=O) groups excluding carboxylic acids is 1. The minimum absolute atomic E-state index is 0. The van der Waals surface area contributed by atoms with E-state index in [-0.39, 0.29) is 18.3 Å². The van der Waals surface area contributed by atoms with Gasteiger partial charge in [0.25, 0.3) is 0 Å². The lowest BCUT2D eigenvalue weighted by Crippen LogP contribution is -2.51. The molecule has 1 aromatic heterocycles. The molecule has 8 heteroatoms. The van der Waals surface area contributed by atoms with Gasteiger partial charge in [0.2, 0.25) is 11.7 Å². The van der Waals surface area contributed by atoms with Crippen LogP contribution in [0.5, 0.6) is 0 Å². The molecule has 7 nitrogen and oxygen atoms in total. The fraction of sp³-hybridized carbons (Fsp3) is 0.429. The maximum Gasteiger partial charge on any atom is 0.240 e. The van der Waals surface area contributed by atoms with Crippen LogP contribution in [0, 0.1) is 0 Å². The van der Waals surface area contributed by atoms with Crippen LogP contribution in [0.4, 0.5) is 0 Å². The zero-order valence-corrected chi connectivity index (χ0v) is 12.9. The van der Waals surface area contributed by atoms with Gasteiger partial charge in [-0.3, -0.25) is 4.79 Å². The molecule has 2 aromatic rings. The van der Waals surface area contributed by atoms with Crippen LogP contribution in [0.2, 0.25) is 0 Å².